The molecular formula is C31H38N2O3. The molecule has 5 heteroatoms. The smallest absolute Gasteiger partial charge is 0.257 e. The largest absolute Gasteiger partial charge is 0.496 e. The lowest BCUT2D eigenvalue weighted by atomic mass is 9.42. The molecule has 2 aromatic rings. The van der Waals surface area contributed by atoms with Crippen LogP contribution in [0.1, 0.15) is 66.4 Å². The van der Waals surface area contributed by atoms with Gasteiger partial charge in [-0.3, -0.25) is 9.59 Å². The molecule has 1 saturated heterocycles. The van der Waals surface area contributed by atoms with E-state index in [2.05, 4.69) is 36.1 Å². The molecule has 2 amide bonds. The Bertz CT molecular complexity index is 1140. The number of carbonyl (C=O) groups excluding carboxylic acids is 2. The second-order valence-corrected chi connectivity index (χ2v) is 12.0. The topological polar surface area (TPSA) is 49.9 Å². The third-order valence-electron chi connectivity index (χ3n) is 9.59. The summed E-state index contributed by atoms with van der Waals surface area (Å²) in [7, 11) is 1.60. The van der Waals surface area contributed by atoms with Crippen molar-refractivity contribution in [3.63, 3.8) is 0 Å². The van der Waals surface area contributed by atoms with Crippen molar-refractivity contribution >= 4 is 11.8 Å². The Morgan fingerprint density at radius 1 is 0.861 bits per heavy atom. The molecule has 4 saturated carbocycles. The number of methoxy groups -OCH3 is 1. The number of rotatable bonds is 4. The molecule has 2 aromatic carbocycles. The number of hydrogen-bond acceptors (Lipinski definition) is 3. The van der Waals surface area contributed by atoms with E-state index in [0.717, 1.165) is 32.2 Å². The quantitative estimate of drug-likeness (QED) is 0.596. The molecule has 1 aliphatic heterocycles. The van der Waals surface area contributed by atoms with E-state index in [-0.39, 0.29) is 16.7 Å². The Labute approximate surface area is 214 Å². The van der Waals surface area contributed by atoms with Gasteiger partial charge in [0.1, 0.15) is 5.75 Å². The molecule has 190 valence electrons. The van der Waals surface area contributed by atoms with Gasteiger partial charge in [-0.1, -0.05) is 42.0 Å². The second kappa shape index (κ2) is 8.93. The second-order valence-electron chi connectivity index (χ2n) is 12.0. The van der Waals surface area contributed by atoms with Gasteiger partial charge in [-0.15, -0.1) is 0 Å². The highest BCUT2D eigenvalue weighted by atomic mass is 16.5. The summed E-state index contributed by atoms with van der Waals surface area (Å²) in [6.45, 7) is 4.76. The van der Waals surface area contributed by atoms with Gasteiger partial charge in [-0.2, -0.15) is 0 Å². The van der Waals surface area contributed by atoms with E-state index in [9.17, 15) is 9.59 Å². The number of nitrogens with zero attached hydrogens (tertiary/aromatic N) is 2. The minimum atomic E-state index is -0.225. The molecule has 2 atom stereocenters. The maximum Gasteiger partial charge on any atom is 0.257 e. The molecule has 5 nitrogen and oxygen atoms in total. The molecule has 5 aliphatic rings. The van der Waals surface area contributed by atoms with Gasteiger partial charge in [0.2, 0.25) is 5.91 Å². The van der Waals surface area contributed by atoms with Crippen LogP contribution in [0, 0.1) is 24.2 Å². The fourth-order valence-electron chi connectivity index (χ4n) is 8.41. The molecule has 0 radical (unpaired) electrons. The number of amides is 2. The molecule has 5 fully saturated rings. The van der Waals surface area contributed by atoms with Gasteiger partial charge in [0.25, 0.3) is 5.91 Å². The van der Waals surface area contributed by atoms with Crippen LogP contribution in [0.4, 0.5) is 0 Å². The standard InChI is InChI=1S/C31H38N2O3/c1-22-8-10-25(11-9-22)30-17-23-16-24(18-30)20-31(19-23,21-30)29(35)33-13-5-12-32(14-15-33)28(34)26-6-3-4-7-27(26)36-2/h3-4,6-11,23-24H,5,12-21H2,1-2H3. The van der Waals surface area contributed by atoms with Crippen molar-refractivity contribution in [3.8, 4) is 5.75 Å². The molecule has 4 bridgehead atoms. The Kier molecular flexibility index (Phi) is 5.85. The highest BCUT2D eigenvalue weighted by Gasteiger charge is 2.61. The van der Waals surface area contributed by atoms with E-state index < -0.39 is 0 Å². The first-order valence-electron chi connectivity index (χ1n) is 13.7. The first-order valence-corrected chi connectivity index (χ1v) is 13.7. The lowest BCUT2D eigenvalue weighted by molar-refractivity contribution is -0.160. The van der Waals surface area contributed by atoms with Crippen molar-refractivity contribution in [2.75, 3.05) is 33.3 Å². The summed E-state index contributed by atoms with van der Waals surface area (Å²) in [5.41, 5.74) is 3.28. The number of para-hydroxylation sites is 1. The lowest BCUT2D eigenvalue weighted by Crippen LogP contribution is -2.59. The van der Waals surface area contributed by atoms with Crippen LogP contribution < -0.4 is 4.74 Å². The van der Waals surface area contributed by atoms with Crippen molar-refractivity contribution < 1.29 is 14.3 Å². The highest BCUT2D eigenvalue weighted by molar-refractivity contribution is 5.97. The zero-order valence-electron chi connectivity index (χ0n) is 21.7. The van der Waals surface area contributed by atoms with E-state index in [1.54, 1.807) is 7.11 Å². The fourth-order valence-corrected chi connectivity index (χ4v) is 8.41. The van der Waals surface area contributed by atoms with Crippen LogP contribution in [0.5, 0.6) is 5.75 Å². The first-order chi connectivity index (χ1) is 17.4. The number of carbonyl (C=O) groups is 2. The number of hydrogen-bond donors (Lipinski definition) is 0. The van der Waals surface area contributed by atoms with E-state index in [0.29, 0.717) is 48.7 Å². The van der Waals surface area contributed by atoms with Crippen molar-refractivity contribution in [3.05, 3.63) is 65.2 Å². The van der Waals surface area contributed by atoms with Crippen molar-refractivity contribution in [1.29, 1.82) is 0 Å². The Morgan fingerprint density at radius 3 is 2.25 bits per heavy atom. The lowest BCUT2D eigenvalue weighted by Gasteiger charge is -2.62. The highest BCUT2D eigenvalue weighted by Crippen LogP contribution is 2.66. The van der Waals surface area contributed by atoms with E-state index >= 15 is 0 Å². The van der Waals surface area contributed by atoms with Crippen LogP contribution in [-0.2, 0) is 10.2 Å². The minimum Gasteiger partial charge on any atom is -0.496 e. The van der Waals surface area contributed by atoms with Crippen molar-refractivity contribution in [2.24, 2.45) is 17.3 Å². The van der Waals surface area contributed by atoms with E-state index in [1.807, 2.05) is 29.2 Å². The average Bonchev–Trinajstić information content (AvgIpc) is 3.13. The molecule has 0 spiro atoms. The third kappa shape index (κ3) is 3.91. The fraction of sp³-hybridized carbons (Fsp3) is 0.548. The van der Waals surface area contributed by atoms with Crippen molar-refractivity contribution in [2.45, 2.75) is 57.3 Å². The first kappa shape index (κ1) is 23.6. The zero-order chi connectivity index (χ0) is 24.9. The summed E-state index contributed by atoms with van der Waals surface area (Å²) in [5.74, 6) is 2.28. The van der Waals surface area contributed by atoms with Gasteiger partial charge >= 0.3 is 0 Å². The van der Waals surface area contributed by atoms with Crippen LogP contribution in [0.25, 0.3) is 0 Å². The minimum absolute atomic E-state index is 0.00474. The van der Waals surface area contributed by atoms with Gasteiger partial charge < -0.3 is 14.5 Å². The number of ether oxygens (including phenoxy) is 1. The van der Waals surface area contributed by atoms with Crippen LogP contribution in [0.3, 0.4) is 0 Å². The molecule has 7 rings (SSSR count). The van der Waals surface area contributed by atoms with E-state index in [4.69, 9.17) is 4.74 Å². The molecule has 0 aromatic heterocycles. The summed E-state index contributed by atoms with van der Waals surface area (Å²) in [4.78, 5) is 31.6. The third-order valence-corrected chi connectivity index (χ3v) is 9.59. The Balaban J connectivity index is 1.20. The summed E-state index contributed by atoms with van der Waals surface area (Å²) >= 11 is 0. The predicted molar refractivity (Wildman–Crippen MR) is 140 cm³/mol. The molecule has 1 heterocycles. The molecule has 36 heavy (non-hydrogen) atoms. The van der Waals surface area contributed by atoms with Crippen LogP contribution >= 0.6 is 0 Å². The normalized spacial score (nSPS) is 31.3. The maximum absolute atomic E-state index is 14.3. The van der Waals surface area contributed by atoms with Crippen molar-refractivity contribution in [1.82, 2.24) is 9.80 Å². The van der Waals surface area contributed by atoms with Gasteiger partial charge in [-0.05, 0) is 86.8 Å². The summed E-state index contributed by atoms with van der Waals surface area (Å²) in [6.07, 6.45) is 7.69. The van der Waals surface area contributed by atoms with Gasteiger partial charge in [0.15, 0.2) is 0 Å². The summed E-state index contributed by atoms with van der Waals surface area (Å²) in [6, 6.07) is 16.6. The van der Waals surface area contributed by atoms with E-state index in [1.165, 1.54) is 30.4 Å². The van der Waals surface area contributed by atoms with Crippen LogP contribution in [-0.4, -0.2) is 54.9 Å². The zero-order valence-corrected chi connectivity index (χ0v) is 21.7. The van der Waals surface area contributed by atoms with Crippen LogP contribution in [0.15, 0.2) is 48.5 Å². The summed E-state index contributed by atoms with van der Waals surface area (Å²) in [5, 5.41) is 0. The molecule has 4 aliphatic carbocycles. The number of aryl methyl sites for hydroxylation is 1. The number of benzene rings is 2. The molecular weight excluding hydrogens is 448 g/mol. The Morgan fingerprint density at radius 2 is 1.53 bits per heavy atom. The predicted octanol–water partition coefficient (Wildman–Crippen LogP) is 5.22. The molecule has 2 unspecified atom stereocenters. The summed E-state index contributed by atoms with van der Waals surface area (Å²) < 4.78 is 5.43. The Hall–Kier alpha value is -2.82. The maximum atomic E-state index is 14.3. The average molecular weight is 487 g/mol. The van der Waals surface area contributed by atoms with Gasteiger partial charge in [0.05, 0.1) is 18.1 Å². The molecule has 0 N–H and O–H groups in total. The van der Waals surface area contributed by atoms with Gasteiger partial charge in [0, 0.05) is 26.2 Å². The van der Waals surface area contributed by atoms with Crippen LogP contribution in [0.2, 0.25) is 0 Å². The SMILES string of the molecule is COc1ccccc1C(=O)N1CCCN(C(=O)C23CC4CC(C2)CC(c2ccc(C)cc2)(C4)C3)CC1. The van der Waals surface area contributed by atoms with Gasteiger partial charge in [-0.25, -0.2) is 0 Å². The monoisotopic (exact) mass is 486 g/mol.